The molecule has 3 aliphatic carbocycles. The lowest BCUT2D eigenvalue weighted by atomic mass is 9.72. The molecule has 1 saturated heterocycles. The molecule has 14 heavy (non-hydrogen) atoms. The first-order valence-electron chi connectivity index (χ1n) is 5.18. The third-order valence-electron chi connectivity index (χ3n) is 4.33. The Balaban J connectivity index is 1.84. The Kier molecular flexibility index (Phi) is 1.05. The molecule has 0 aromatic rings. The summed E-state index contributed by atoms with van der Waals surface area (Å²) in [6.45, 7) is 0. The largest absolute Gasteiger partial charge is 0.369 e. The Morgan fingerprint density at radius 1 is 1.00 bits per heavy atom. The number of hydrogen-bond acceptors (Lipinski definition) is 3. The summed E-state index contributed by atoms with van der Waals surface area (Å²) in [6, 6.07) is 0. The van der Waals surface area contributed by atoms with Crippen LogP contribution in [0.4, 0.5) is 0 Å². The highest BCUT2D eigenvalue weighted by Crippen LogP contribution is 2.62. The van der Waals surface area contributed by atoms with Crippen molar-refractivity contribution in [3.8, 4) is 0 Å². The molecule has 2 unspecified atom stereocenters. The maximum atomic E-state index is 11.7. The van der Waals surface area contributed by atoms with Gasteiger partial charge in [0.1, 0.15) is 0 Å². The van der Waals surface area contributed by atoms with Crippen LogP contribution in [0.5, 0.6) is 0 Å². The molecular formula is C11H10O3. The fourth-order valence-electron chi connectivity index (χ4n) is 3.80. The molecule has 0 radical (unpaired) electrons. The summed E-state index contributed by atoms with van der Waals surface area (Å²) in [5, 5.41) is 0. The number of rotatable bonds is 0. The summed E-state index contributed by atoms with van der Waals surface area (Å²) in [6.07, 6.45) is 4.57. The van der Waals surface area contributed by atoms with Crippen molar-refractivity contribution in [2.75, 3.05) is 0 Å². The van der Waals surface area contributed by atoms with Gasteiger partial charge in [-0.2, -0.15) is 0 Å². The van der Waals surface area contributed by atoms with Gasteiger partial charge in [0.15, 0.2) is 11.6 Å². The van der Waals surface area contributed by atoms with E-state index in [4.69, 9.17) is 4.74 Å². The van der Waals surface area contributed by atoms with Gasteiger partial charge in [0.05, 0.1) is 12.2 Å². The minimum Gasteiger partial charge on any atom is -0.369 e. The van der Waals surface area contributed by atoms with Gasteiger partial charge in [0, 0.05) is 11.8 Å². The van der Waals surface area contributed by atoms with Gasteiger partial charge in [-0.3, -0.25) is 9.59 Å². The first-order valence-corrected chi connectivity index (χ1v) is 5.18. The molecule has 3 heteroatoms. The van der Waals surface area contributed by atoms with Crippen LogP contribution in [-0.2, 0) is 14.3 Å². The van der Waals surface area contributed by atoms with Crippen LogP contribution < -0.4 is 0 Å². The summed E-state index contributed by atoms with van der Waals surface area (Å²) in [5.41, 5.74) is 0. The van der Waals surface area contributed by atoms with Crippen LogP contribution in [0.2, 0.25) is 0 Å². The minimum absolute atomic E-state index is 0.0405. The molecule has 0 N–H and O–H groups in total. The van der Waals surface area contributed by atoms with Crippen LogP contribution in [0.3, 0.4) is 0 Å². The van der Waals surface area contributed by atoms with Crippen molar-refractivity contribution >= 4 is 11.6 Å². The number of ether oxygens (including phenoxy) is 1. The molecule has 4 aliphatic rings. The maximum absolute atomic E-state index is 11.7. The van der Waals surface area contributed by atoms with E-state index in [9.17, 15) is 9.59 Å². The quantitative estimate of drug-likeness (QED) is 0.517. The van der Waals surface area contributed by atoms with Gasteiger partial charge in [0.25, 0.3) is 0 Å². The van der Waals surface area contributed by atoms with E-state index in [1.807, 2.05) is 0 Å². The summed E-state index contributed by atoms with van der Waals surface area (Å²) in [4.78, 5) is 23.4. The fourth-order valence-corrected chi connectivity index (χ4v) is 3.80. The second-order valence-corrected chi connectivity index (χ2v) is 4.82. The molecule has 0 aromatic heterocycles. The van der Waals surface area contributed by atoms with Gasteiger partial charge in [-0.25, -0.2) is 0 Å². The van der Waals surface area contributed by atoms with Crippen LogP contribution in [0.1, 0.15) is 6.42 Å². The zero-order valence-electron chi connectivity index (χ0n) is 7.55. The van der Waals surface area contributed by atoms with Gasteiger partial charge in [0.2, 0.25) is 0 Å². The van der Waals surface area contributed by atoms with Gasteiger partial charge >= 0.3 is 0 Å². The van der Waals surface area contributed by atoms with Crippen LogP contribution in [0.15, 0.2) is 12.2 Å². The number of allylic oxidation sites excluding steroid dienone is 2. The fraction of sp³-hybridized carbons (Fsp3) is 0.636. The molecule has 72 valence electrons. The lowest BCUT2D eigenvalue weighted by Crippen LogP contribution is -2.39. The molecule has 0 aromatic carbocycles. The van der Waals surface area contributed by atoms with Crippen molar-refractivity contribution < 1.29 is 14.3 Å². The lowest BCUT2D eigenvalue weighted by Gasteiger charge is -2.27. The second-order valence-electron chi connectivity index (χ2n) is 4.82. The average molecular weight is 190 g/mol. The highest BCUT2D eigenvalue weighted by atomic mass is 16.6. The molecule has 1 heterocycles. The standard InChI is InChI=1S/C11H10O3/c12-6-1-2-7(13)9-5-3-4(8(6)9)10-11(5)14-10/h1-2,4-5,8-11H,3H2/t4-,5+,8?,9?,10-,11+. The molecule has 4 rings (SSSR count). The number of ketones is 2. The zero-order chi connectivity index (χ0) is 9.45. The van der Waals surface area contributed by atoms with E-state index >= 15 is 0 Å². The zero-order valence-corrected chi connectivity index (χ0v) is 7.55. The normalized spacial score (nSPS) is 57.4. The van der Waals surface area contributed by atoms with E-state index in [0.717, 1.165) is 6.42 Å². The molecule has 0 amide bonds. The minimum atomic E-state index is -0.0405. The summed E-state index contributed by atoms with van der Waals surface area (Å²) in [7, 11) is 0. The van der Waals surface area contributed by atoms with Crippen molar-refractivity contribution in [3.05, 3.63) is 12.2 Å². The Labute approximate surface area is 81.1 Å². The Morgan fingerprint density at radius 3 is 2.00 bits per heavy atom. The van der Waals surface area contributed by atoms with Gasteiger partial charge in [-0.05, 0) is 30.4 Å². The third-order valence-corrected chi connectivity index (χ3v) is 4.33. The first kappa shape index (κ1) is 7.35. The van der Waals surface area contributed by atoms with E-state index in [1.165, 1.54) is 12.2 Å². The van der Waals surface area contributed by atoms with E-state index in [1.54, 1.807) is 0 Å². The Bertz CT molecular complexity index is 350. The monoisotopic (exact) mass is 190 g/mol. The number of fused-ring (bicyclic) bond motifs is 8. The molecular weight excluding hydrogens is 180 g/mol. The number of epoxide rings is 1. The summed E-state index contributed by atoms with van der Waals surface area (Å²) < 4.78 is 5.50. The Morgan fingerprint density at radius 2 is 1.50 bits per heavy atom. The summed E-state index contributed by atoms with van der Waals surface area (Å²) in [5.74, 6) is 0.905. The predicted octanol–water partition coefficient (Wildman–Crippen LogP) is 0.344. The van der Waals surface area contributed by atoms with Crippen molar-refractivity contribution in [3.63, 3.8) is 0 Å². The van der Waals surface area contributed by atoms with Gasteiger partial charge < -0.3 is 4.74 Å². The predicted molar refractivity (Wildman–Crippen MR) is 46.4 cm³/mol. The van der Waals surface area contributed by atoms with Gasteiger partial charge in [-0.1, -0.05) is 0 Å². The molecule has 6 atom stereocenters. The lowest BCUT2D eigenvalue weighted by molar-refractivity contribution is -0.130. The van der Waals surface area contributed by atoms with Crippen molar-refractivity contribution in [1.29, 1.82) is 0 Å². The number of carbonyl (C=O) groups excluding carboxylic acids is 2. The van der Waals surface area contributed by atoms with Gasteiger partial charge in [-0.15, -0.1) is 0 Å². The molecule has 2 saturated carbocycles. The topological polar surface area (TPSA) is 46.7 Å². The van der Waals surface area contributed by atoms with Crippen molar-refractivity contribution in [2.24, 2.45) is 23.7 Å². The summed E-state index contributed by atoms with van der Waals surface area (Å²) >= 11 is 0. The van der Waals surface area contributed by atoms with Crippen LogP contribution >= 0.6 is 0 Å². The highest BCUT2D eigenvalue weighted by molar-refractivity contribution is 6.08. The van der Waals surface area contributed by atoms with Crippen molar-refractivity contribution in [1.82, 2.24) is 0 Å². The molecule has 1 aliphatic heterocycles. The van der Waals surface area contributed by atoms with E-state index in [-0.39, 0.29) is 23.4 Å². The van der Waals surface area contributed by atoms with Crippen LogP contribution in [0.25, 0.3) is 0 Å². The van der Waals surface area contributed by atoms with E-state index in [0.29, 0.717) is 24.0 Å². The van der Waals surface area contributed by atoms with E-state index in [2.05, 4.69) is 0 Å². The Hall–Kier alpha value is -0.960. The second kappa shape index (κ2) is 2.01. The molecule has 2 bridgehead atoms. The molecule has 3 fully saturated rings. The van der Waals surface area contributed by atoms with Crippen molar-refractivity contribution in [2.45, 2.75) is 18.6 Å². The smallest absolute Gasteiger partial charge is 0.160 e. The van der Waals surface area contributed by atoms with Crippen LogP contribution in [-0.4, -0.2) is 23.8 Å². The first-order chi connectivity index (χ1) is 6.77. The van der Waals surface area contributed by atoms with E-state index < -0.39 is 0 Å². The number of carbonyl (C=O) groups is 2. The molecule has 0 spiro atoms. The maximum Gasteiger partial charge on any atom is 0.160 e. The molecule has 3 nitrogen and oxygen atoms in total. The average Bonchev–Trinajstić information content (AvgIpc) is 2.79. The number of hydrogen-bond donors (Lipinski definition) is 0. The highest BCUT2D eigenvalue weighted by Gasteiger charge is 2.70. The third kappa shape index (κ3) is 0.630. The SMILES string of the molecule is O=C1C=CC(=O)C2C1[C@H]1C[C@@H]2[C@@H]2O[C@@H]21. The van der Waals surface area contributed by atoms with Crippen LogP contribution in [0, 0.1) is 23.7 Å².